The SMILES string of the molecule is Cc1ccc(C(CN)(CCOC(=O)c2ccccc2)OC2CCCCO2)cc1C. The average Bonchev–Trinajstić information content (AvgIpc) is 2.76. The molecule has 1 fully saturated rings. The summed E-state index contributed by atoms with van der Waals surface area (Å²) in [6.07, 6.45) is 3.13. The van der Waals surface area contributed by atoms with E-state index in [0.29, 0.717) is 18.6 Å². The lowest BCUT2D eigenvalue weighted by molar-refractivity contribution is -0.230. The summed E-state index contributed by atoms with van der Waals surface area (Å²) in [6, 6.07) is 15.2. The summed E-state index contributed by atoms with van der Waals surface area (Å²) in [5.41, 5.74) is 9.40. The zero-order valence-electron chi connectivity index (χ0n) is 17.4. The Kier molecular flexibility index (Phi) is 7.42. The van der Waals surface area contributed by atoms with Gasteiger partial charge in [0.2, 0.25) is 0 Å². The Morgan fingerprint density at radius 2 is 1.93 bits per heavy atom. The minimum Gasteiger partial charge on any atom is -0.462 e. The van der Waals surface area contributed by atoms with Gasteiger partial charge in [0.15, 0.2) is 6.29 Å². The van der Waals surface area contributed by atoms with Gasteiger partial charge in [-0.1, -0.05) is 36.4 Å². The van der Waals surface area contributed by atoms with Gasteiger partial charge in [-0.2, -0.15) is 0 Å². The Morgan fingerprint density at radius 3 is 2.59 bits per heavy atom. The molecule has 1 heterocycles. The molecule has 5 heteroatoms. The van der Waals surface area contributed by atoms with Crippen molar-refractivity contribution in [1.82, 2.24) is 0 Å². The number of ether oxygens (including phenoxy) is 3. The molecule has 2 aromatic carbocycles. The molecule has 0 aliphatic carbocycles. The molecule has 0 amide bonds. The topological polar surface area (TPSA) is 70.8 Å². The quantitative estimate of drug-likeness (QED) is 0.675. The molecule has 1 saturated heterocycles. The van der Waals surface area contributed by atoms with Gasteiger partial charge in [-0.05, 0) is 61.9 Å². The Balaban J connectivity index is 1.77. The first-order chi connectivity index (χ1) is 14.0. The first-order valence-corrected chi connectivity index (χ1v) is 10.3. The van der Waals surface area contributed by atoms with Crippen LogP contribution in [0.5, 0.6) is 0 Å². The van der Waals surface area contributed by atoms with Crippen LogP contribution in [-0.4, -0.2) is 32.0 Å². The highest BCUT2D eigenvalue weighted by atomic mass is 16.7. The predicted octanol–water partition coefficient (Wildman–Crippen LogP) is 4.25. The fourth-order valence-electron chi connectivity index (χ4n) is 3.59. The summed E-state index contributed by atoms with van der Waals surface area (Å²) >= 11 is 0. The standard InChI is InChI=1S/C24H31NO4/c1-18-11-12-21(16-19(18)2)24(17-25,29-22-10-6-7-14-27-22)13-15-28-23(26)20-8-4-3-5-9-20/h3-5,8-9,11-12,16,22H,6-7,10,13-15,17,25H2,1-2H3. The predicted molar refractivity (Wildman–Crippen MR) is 113 cm³/mol. The molecule has 0 radical (unpaired) electrons. The fraction of sp³-hybridized carbons (Fsp3) is 0.458. The summed E-state index contributed by atoms with van der Waals surface area (Å²) in [4.78, 5) is 12.3. The van der Waals surface area contributed by atoms with E-state index in [1.807, 2.05) is 18.2 Å². The molecule has 2 atom stereocenters. The van der Waals surface area contributed by atoms with Crippen molar-refractivity contribution >= 4 is 5.97 Å². The first kappa shape index (κ1) is 21.5. The van der Waals surface area contributed by atoms with Gasteiger partial charge in [0, 0.05) is 19.6 Å². The molecule has 1 aliphatic rings. The molecular formula is C24H31NO4. The van der Waals surface area contributed by atoms with Crippen LogP contribution in [0, 0.1) is 13.8 Å². The van der Waals surface area contributed by atoms with Gasteiger partial charge >= 0.3 is 5.97 Å². The molecule has 0 aromatic heterocycles. The number of hydrogen-bond acceptors (Lipinski definition) is 5. The van der Waals surface area contributed by atoms with Gasteiger partial charge in [0.1, 0.15) is 5.60 Å². The van der Waals surface area contributed by atoms with Crippen LogP contribution in [-0.2, 0) is 19.8 Å². The maximum absolute atomic E-state index is 12.3. The molecule has 0 bridgehead atoms. The van der Waals surface area contributed by atoms with Crippen molar-refractivity contribution in [2.24, 2.45) is 5.73 Å². The van der Waals surface area contributed by atoms with E-state index >= 15 is 0 Å². The van der Waals surface area contributed by atoms with Crippen molar-refractivity contribution in [1.29, 1.82) is 0 Å². The highest BCUT2D eigenvalue weighted by Crippen LogP contribution is 2.34. The molecule has 2 N–H and O–H groups in total. The van der Waals surface area contributed by atoms with Crippen LogP contribution in [0.2, 0.25) is 0 Å². The molecule has 5 nitrogen and oxygen atoms in total. The lowest BCUT2D eigenvalue weighted by Gasteiger charge is -2.38. The summed E-state index contributed by atoms with van der Waals surface area (Å²) in [5, 5.41) is 0. The van der Waals surface area contributed by atoms with Gasteiger partial charge < -0.3 is 19.9 Å². The lowest BCUT2D eigenvalue weighted by Crippen LogP contribution is -2.43. The van der Waals surface area contributed by atoms with Crippen molar-refractivity contribution in [3.8, 4) is 0 Å². The second kappa shape index (κ2) is 10.0. The number of carbonyl (C=O) groups excluding carboxylic acids is 1. The monoisotopic (exact) mass is 397 g/mol. The Hall–Kier alpha value is -2.21. The number of nitrogens with two attached hydrogens (primary N) is 1. The Labute approximate surface area is 173 Å². The number of esters is 1. The molecule has 0 spiro atoms. The average molecular weight is 398 g/mol. The second-order valence-corrected chi connectivity index (χ2v) is 7.66. The zero-order chi connectivity index (χ0) is 20.7. The molecule has 3 rings (SSSR count). The fourth-order valence-corrected chi connectivity index (χ4v) is 3.59. The molecule has 1 aliphatic heterocycles. The van der Waals surface area contributed by atoms with Crippen LogP contribution in [0.25, 0.3) is 0 Å². The van der Waals surface area contributed by atoms with Crippen LogP contribution >= 0.6 is 0 Å². The molecule has 156 valence electrons. The minimum atomic E-state index is -0.766. The Bertz CT molecular complexity index is 802. The van der Waals surface area contributed by atoms with Crippen LogP contribution < -0.4 is 5.73 Å². The maximum atomic E-state index is 12.3. The van der Waals surface area contributed by atoms with Gasteiger partial charge in [0.05, 0.1) is 12.2 Å². The van der Waals surface area contributed by atoms with Crippen LogP contribution in [0.3, 0.4) is 0 Å². The van der Waals surface area contributed by atoms with Gasteiger partial charge in [-0.25, -0.2) is 4.79 Å². The van der Waals surface area contributed by atoms with Gasteiger partial charge in [-0.15, -0.1) is 0 Å². The largest absolute Gasteiger partial charge is 0.462 e. The van der Waals surface area contributed by atoms with E-state index < -0.39 is 5.60 Å². The smallest absolute Gasteiger partial charge is 0.338 e. The van der Waals surface area contributed by atoms with Crippen molar-refractivity contribution < 1.29 is 19.0 Å². The van der Waals surface area contributed by atoms with E-state index in [2.05, 4.69) is 32.0 Å². The van der Waals surface area contributed by atoms with Crippen molar-refractivity contribution in [3.05, 3.63) is 70.8 Å². The lowest BCUT2D eigenvalue weighted by atomic mass is 9.88. The molecule has 2 unspecified atom stereocenters. The van der Waals surface area contributed by atoms with E-state index in [1.165, 1.54) is 11.1 Å². The highest BCUT2D eigenvalue weighted by Gasteiger charge is 2.36. The third kappa shape index (κ3) is 5.44. The van der Waals surface area contributed by atoms with Crippen molar-refractivity contribution in [3.63, 3.8) is 0 Å². The second-order valence-electron chi connectivity index (χ2n) is 7.66. The van der Waals surface area contributed by atoms with E-state index in [-0.39, 0.29) is 25.4 Å². The number of aryl methyl sites for hydroxylation is 2. The number of carbonyl (C=O) groups is 1. The highest BCUT2D eigenvalue weighted by molar-refractivity contribution is 5.89. The molecule has 0 saturated carbocycles. The first-order valence-electron chi connectivity index (χ1n) is 10.3. The maximum Gasteiger partial charge on any atom is 0.338 e. The van der Waals surface area contributed by atoms with E-state index in [9.17, 15) is 4.79 Å². The van der Waals surface area contributed by atoms with Crippen LogP contribution in [0.1, 0.15) is 52.7 Å². The summed E-state index contributed by atoms with van der Waals surface area (Å²) < 4.78 is 17.8. The normalized spacial score (nSPS) is 18.8. The third-order valence-electron chi connectivity index (χ3n) is 5.61. The van der Waals surface area contributed by atoms with Crippen molar-refractivity contribution in [2.75, 3.05) is 19.8 Å². The number of benzene rings is 2. The molecule has 29 heavy (non-hydrogen) atoms. The minimum absolute atomic E-state index is 0.213. The van der Waals surface area contributed by atoms with E-state index in [1.54, 1.807) is 12.1 Å². The van der Waals surface area contributed by atoms with Gasteiger partial charge in [-0.3, -0.25) is 0 Å². The summed E-state index contributed by atoms with van der Waals surface area (Å²) in [5.74, 6) is -0.342. The van der Waals surface area contributed by atoms with Gasteiger partial charge in [0.25, 0.3) is 0 Å². The number of rotatable bonds is 8. The van der Waals surface area contributed by atoms with Crippen LogP contribution in [0.4, 0.5) is 0 Å². The third-order valence-corrected chi connectivity index (χ3v) is 5.61. The molecule has 2 aromatic rings. The van der Waals surface area contributed by atoms with Crippen LogP contribution in [0.15, 0.2) is 48.5 Å². The van der Waals surface area contributed by atoms with Crippen molar-refractivity contribution in [2.45, 2.75) is 51.4 Å². The number of hydrogen-bond donors (Lipinski definition) is 1. The summed E-state index contributed by atoms with van der Waals surface area (Å²) in [7, 11) is 0. The zero-order valence-corrected chi connectivity index (χ0v) is 17.4. The van der Waals surface area contributed by atoms with E-state index in [4.69, 9.17) is 19.9 Å². The Morgan fingerprint density at radius 1 is 1.14 bits per heavy atom. The molecular weight excluding hydrogens is 366 g/mol. The van der Waals surface area contributed by atoms with E-state index in [0.717, 1.165) is 24.8 Å². The summed E-state index contributed by atoms with van der Waals surface area (Å²) in [6.45, 7) is 5.34.